The lowest BCUT2D eigenvalue weighted by molar-refractivity contribution is 0.0947. The van der Waals surface area contributed by atoms with Gasteiger partial charge in [0.25, 0.3) is 5.91 Å². The molecule has 148 valence electrons. The summed E-state index contributed by atoms with van der Waals surface area (Å²) in [6.45, 7) is 9.08. The van der Waals surface area contributed by atoms with E-state index in [-0.39, 0.29) is 29.3 Å². The van der Waals surface area contributed by atoms with E-state index in [0.29, 0.717) is 18.5 Å². The van der Waals surface area contributed by atoms with Gasteiger partial charge in [-0.15, -0.1) is 12.4 Å². The first kappa shape index (κ1) is 22.9. The first-order chi connectivity index (χ1) is 11.9. The van der Waals surface area contributed by atoms with Gasteiger partial charge >= 0.3 is 0 Å². The van der Waals surface area contributed by atoms with E-state index in [2.05, 4.69) is 20.3 Å². The fourth-order valence-corrected chi connectivity index (χ4v) is 3.89. The Balaban J connectivity index is 0.00000338. The van der Waals surface area contributed by atoms with Crippen LogP contribution in [-0.2, 0) is 10.0 Å². The zero-order chi connectivity index (χ0) is 18.3. The molecule has 1 aliphatic heterocycles. The molecule has 1 amide bonds. The fourth-order valence-electron chi connectivity index (χ4n) is 2.57. The van der Waals surface area contributed by atoms with Crippen molar-refractivity contribution in [3.05, 3.63) is 29.8 Å². The number of nitrogens with one attached hydrogen (secondary N) is 3. The largest absolute Gasteiger partial charge is 0.351 e. The highest BCUT2D eigenvalue weighted by Crippen LogP contribution is 2.11. The summed E-state index contributed by atoms with van der Waals surface area (Å²) in [4.78, 5) is 14.6. The van der Waals surface area contributed by atoms with Crippen LogP contribution in [0.2, 0.25) is 0 Å². The molecule has 1 saturated heterocycles. The number of nitrogens with zero attached hydrogens (tertiary/aromatic N) is 1. The molecule has 2 rings (SSSR count). The topological polar surface area (TPSA) is 90.5 Å². The third-order valence-corrected chi connectivity index (χ3v) is 5.92. The van der Waals surface area contributed by atoms with Crippen LogP contribution in [0.4, 0.5) is 0 Å². The van der Waals surface area contributed by atoms with Gasteiger partial charge in [-0.3, -0.25) is 9.69 Å². The van der Waals surface area contributed by atoms with E-state index in [0.717, 1.165) is 32.7 Å². The standard InChI is InChI=1S/C17H28N4O3S.ClH/c1-3-14(2)20-25(23,24)16-6-4-15(5-7-16)17(22)19-10-13-21-11-8-18-9-12-21;/h4-7,14,18,20H,3,8-13H2,1-2H3,(H,19,22);1H. The summed E-state index contributed by atoms with van der Waals surface area (Å²) in [5.41, 5.74) is 0.461. The molecule has 9 heteroatoms. The molecule has 1 aromatic rings. The van der Waals surface area contributed by atoms with Gasteiger partial charge in [-0.25, -0.2) is 13.1 Å². The van der Waals surface area contributed by atoms with Crippen molar-refractivity contribution in [1.82, 2.24) is 20.3 Å². The van der Waals surface area contributed by atoms with Crippen molar-refractivity contribution in [2.24, 2.45) is 0 Å². The normalized spacial score (nSPS) is 16.5. The van der Waals surface area contributed by atoms with E-state index in [1.165, 1.54) is 12.1 Å². The van der Waals surface area contributed by atoms with Crippen LogP contribution in [0.25, 0.3) is 0 Å². The second kappa shape index (κ2) is 10.8. The van der Waals surface area contributed by atoms with Crippen LogP contribution in [0.5, 0.6) is 0 Å². The molecule has 0 saturated carbocycles. The molecule has 1 aromatic carbocycles. The average Bonchev–Trinajstić information content (AvgIpc) is 2.62. The summed E-state index contributed by atoms with van der Waals surface area (Å²) in [5.74, 6) is -0.186. The molecule has 1 fully saturated rings. The van der Waals surface area contributed by atoms with Crippen molar-refractivity contribution in [3.8, 4) is 0 Å². The Bertz CT molecular complexity index is 661. The molecule has 3 N–H and O–H groups in total. The first-order valence-electron chi connectivity index (χ1n) is 8.76. The molecular formula is C17H29ClN4O3S. The van der Waals surface area contributed by atoms with Crippen molar-refractivity contribution in [3.63, 3.8) is 0 Å². The summed E-state index contributed by atoms with van der Waals surface area (Å²) in [6, 6.07) is 5.90. The van der Waals surface area contributed by atoms with E-state index in [1.807, 2.05) is 13.8 Å². The lowest BCUT2D eigenvalue weighted by Crippen LogP contribution is -2.46. The Hall–Kier alpha value is -1.19. The van der Waals surface area contributed by atoms with Crippen LogP contribution in [-0.4, -0.2) is 64.5 Å². The predicted octanol–water partition coefficient (Wildman–Crippen LogP) is 0.820. The Morgan fingerprint density at radius 3 is 2.42 bits per heavy atom. The number of hydrogen-bond donors (Lipinski definition) is 3. The summed E-state index contributed by atoms with van der Waals surface area (Å²) < 4.78 is 27.0. The molecule has 0 bridgehead atoms. The van der Waals surface area contributed by atoms with Gasteiger partial charge in [0.1, 0.15) is 0 Å². The SMILES string of the molecule is CCC(C)NS(=O)(=O)c1ccc(C(=O)NCCN2CCNCC2)cc1.Cl. The number of carbonyl (C=O) groups is 1. The quantitative estimate of drug-likeness (QED) is 0.596. The maximum absolute atomic E-state index is 12.2. The number of amides is 1. The number of rotatable bonds is 8. The van der Waals surface area contributed by atoms with Gasteiger partial charge in [-0.05, 0) is 37.6 Å². The first-order valence-corrected chi connectivity index (χ1v) is 10.2. The van der Waals surface area contributed by atoms with Crippen LogP contribution in [0.3, 0.4) is 0 Å². The summed E-state index contributed by atoms with van der Waals surface area (Å²) >= 11 is 0. The number of hydrogen-bond acceptors (Lipinski definition) is 5. The number of halogens is 1. The minimum Gasteiger partial charge on any atom is -0.351 e. The number of carbonyl (C=O) groups excluding carboxylic acids is 1. The fraction of sp³-hybridized carbons (Fsp3) is 0.588. The maximum atomic E-state index is 12.2. The molecule has 26 heavy (non-hydrogen) atoms. The average molecular weight is 405 g/mol. The predicted molar refractivity (Wildman–Crippen MR) is 105 cm³/mol. The lowest BCUT2D eigenvalue weighted by Gasteiger charge is -2.27. The third-order valence-electron chi connectivity index (χ3n) is 4.32. The molecule has 1 atom stereocenters. The van der Waals surface area contributed by atoms with Gasteiger partial charge in [0.05, 0.1) is 4.90 Å². The highest BCUT2D eigenvalue weighted by Gasteiger charge is 2.17. The van der Waals surface area contributed by atoms with Gasteiger partial charge < -0.3 is 10.6 Å². The number of sulfonamides is 1. The van der Waals surface area contributed by atoms with Crippen LogP contribution < -0.4 is 15.4 Å². The van der Waals surface area contributed by atoms with Gasteiger partial charge in [0.2, 0.25) is 10.0 Å². The van der Waals surface area contributed by atoms with Crippen LogP contribution in [0, 0.1) is 0 Å². The molecule has 1 aliphatic rings. The van der Waals surface area contributed by atoms with E-state index >= 15 is 0 Å². The molecule has 1 heterocycles. The maximum Gasteiger partial charge on any atom is 0.251 e. The Morgan fingerprint density at radius 2 is 1.85 bits per heavy atom. The van der Waals surface area contributed by atoms with Crippen molar-refractivity contribution >= 4 is 28.3 Å². The Morgan fingerprint density at radius 1 is 1.23 bits per heavy atom. The second-order valence-corrected chi connectivity index (χ2v) is 8.02. The van der Waals surface area contributed by atoms with E-state index in [4.69, 9.17) is 0 Å². The van der Waals surface area contributed by atoms with Gasteiger partial charge in [0, 0.05) is 50.9 Å². The molecular weight excluding hydrogens is 376 g/mol. The zero-order valence-corrected chi connectivity index (χ0v) is 17.0. The lowest BCUT2D eigenvalue weighted by atomic mass is 10.2. The summed E-state index contributed by atoms with van der Waals surface area (Å²) in [5, 5.41) is 6.17. The smallest absolute Gasteiger partial charge is 0.251 e. The summed E-state index contributed by atoms with van der Waals surface area (Å²) in [7, 11) is -3.54. The number of piperazine rings is 1. The molecule has 0 aliphatic carbocycles. The minimum absolute atomic E-state index is 0. The van der Waals surface area contributed by atoms with Gasteiger partial charge in [-0.1, -0.05) is 6.92 Å². The summed E-state index contributed by atoms with van der Waals surface area (Å²) in [6.07, 6.45) is 0.715. The molecule has 1 unspecified atom stereocenters. The molecule has 0 aromatic heterocycles. The van der Waals surface area contributed by atoms with Gasteiger partial charge in [0.15, 0.2) is 0 Å². The van der Waals surface area contributed by atoms with Crippen molar-refractivity contribution < 1.29 is 13.2 Å². The molecule has 0 spiro atoms. The van der Waals surface area contributed by atoms with Gasteiger partial charge in [-0.2, -0.15) is 0 Å². The van der Waals surface area contributed by atoms with Crippen LogP contribution >= 0.6 is 12.4 Å². The Labute approximate surface area is 162 Å². The molecule has 7 nitrogen and oxygen atoms in total. The van der Waals surface area contributed by atoms with Crippen LogP contribution in [0.15, 0.2) is 29.2 Å². The highest BCUT2D eigenvalue weighted by atomic mass is 35.5. The number of benzene rings is 1. The van der Waals surface area contributed by atoms with Crippen molar-refractivity contribution in [2.45, 2.75) is 31.2 Å². The second-order valence-electron chi connectivity index (χ2n) is 6.30. The highest BCUT2D eigenvalue weighted by molar-refractivity contribution is 7.89. The zero-order valence-electron chi connectivity index (χ0n) is 15.3. The van der Waals surface area contributed by atoms with E-state index in [9.17, 15) is 13.2 Å². The van der Waals surface area contributed by atoms with Crippen molar-refractivity contribution in [2.75, 3.05) is 39.3 Å². The van der Waals surface area contributed by atoms with E-state index in [1.54, 1.807) is 12.1 Å². The van der Waals surface area contributed by atoms with Crippen molar-refractivity contribution in [1.29, 1.82) is 0 Å². The minimum atomic E-state index is -3.54. The monoisotopic (exact) mass is 404 g/mol. The Kier molecular flexibility index (Phi) is 9.52. The van der Waals surface area contributed by atoms with E-state index < -0.39 is 10.0 Å². The molecule has 0 radical (unpaired) electrons. The third kappa shape index (κ3) is 6.85. The van der Waals surface area contributed by atoms with Crippen LogP contribution in [0.1, 0.15) is 30.6 Å².